The molecule has 122 valence electrons. The lowest BCUT2D eigenvalue weighted by molar-refractivity contribution is -0.138. The molecule has 1 aliphatic rings. The Morgan fingerprint density at radius 1 is 1.32 bits per heavy atom. The Morgan fingerprint density at radius 2 is 2.00 bits per heavy atom. The molecular weight excluding hydrogens is 318 g/mol. The van der Waals surface area contributed by atoms with E-state index < -0.39 is 30.1 Å². The largest absolute Gasteiger partial charge is 0.480 e. The van der Waals surface area contributed by atoms with Crippen molar-refractivity contribution < 1.29 is 23.5 Å². The van der Waals surface area contributed by atoms with Gasteiger partial charge in [-0.2, -0.15) is 0 Å². The summed E-state index contributed by atoms with van der Waals surface area (Å²) in [6.45, 7) is -0.256. The first-order valence-electron chi connectivity index (χ1n) is 6.62. The minimum atomic E-state index is -1.12. The van der Waals surface area contributed by atoms with Crippen molar-refractivity contribution in [2.75, 3.05) is 13.1 Å². The Bertz CT molecular complexity index is 553. The van der Waals surface area contributed by atoms with Crippen LogP contribution in [0.15, 0.2) is 18.2 Å². The maximum atomic E-state index is 13.6. The summed E-state index contributed by atoms with van der Waals surface area (Å²) in [6.07, 6.45) is 1.82. The summed E-state index contributed by atoms with van der Waals surface area (Å²) in [4.78, 5) is 23.8. The van der Waals surface area contributed by atoms with Gasteiger partial charge in [0.05, 0.1) is 6.54 Å². The first-order valence-corrected chi connectivity index (χ1v) is 6.62. The first-order chi connectivity index (χ1) is 9.95. The van der Waals surface area contributed by atoms with Crippen molar-refractivity contribution in [3.05, 3.63) is 35.4 Å². The van der Waals surface area contributed by atoms with Crippen molar-refractivity contribution in [3.63, 3.8) is 0 Å². The second kappa shape index (κ2) is 8.05. The van der Waals surface area contributed by atoms with E-state index in [1.54, 1.807) is 4.90 Å². The molecular formula is C14H17ClF2N2O3. The predicted octanol–water partition coefficient (Wildman–Crippen LogP) is 1.55. The van der Waals surface area contributed by atoms with E-state index in [9.17, 15) is 18.4 Å². The van der Waals surface area contributed by atoms with E-state index in [-0.39, 0.29) is 31.5 Å². The Hall–Kier alpha value is -1.73. The van der Waals surface area contributed by atoms with Gasteiger partial charge in [0, 0.05) is 24.2 Å². The zero-order valence-corrected chi connectivity index (χ0v) is 12.5. The van der Waals surface area contributed by atoms with E-state index in [0.717, 1.165) is 18.9 Å². The molecule has 8 heteroatoms. The number of rotatable bonds is 7. The molecule has 2 N–H and O–H groups in total. The van der Waals surface area contributed by atoms with Gasteiger partial charge in [0.1, 0.15) is 18.2 Å². The van der Waals surface area contributed by atoms with E-state index in [0.29, 0.717) is 5.56 Å². The van der Waals surface area contributed by atoms with Crippen molar-refractivity contribution in [1.29, 1.82) is 0 Å². The number of carbonyl (C=O) groups is 2. The number of nitrogens with zero attached hydrogens (tertiary/aromatic N) is 1. The molecule has 1 aliphatic carbocycles. The highest BCUT2D eigenvalue weighted by atomic mass is 35.5. The van der Waals surface area contributed by atoms with Gasteiger partial charge in [-0.25, -0.2) is 8.78 Å². The van der Waals surface area contributed by atoms with Crippen LogP contribution in [-0.2, 0) is 16.1 Å². The molecule has 0 heterocycles. The number of hydrogen-bond acceptors (Lipinski definition) is 3. The van der Waals surface area contributed by atoms with Gasteiger partial charge in [0.15, 0.2) is 0 Å². The van der Waals surface area contributed by atoms with E-state index in [1.807, 2.05) is 0 Å². The molecule has 1 fully saturated rings. The fourth-order valence-electron chi connectivity index (χ4n) is 2.04. The highest BCUT2D eigenvalue weighted by Crippen LogP contribution is 2.28. The van der Waals surface area contributed by atoms with Crippen molar-refractivity contribution >= 4 is 24.3 Å². The molecule has 0 atom stereocenters. The third-order valence-electron chi connectivity index (χ3n) is 3.24. The molecule has 0 bridgehead atoms. The van der Waals surface area contributed by atoms with Crippen molar-refractivity contribution in [2.24, 2.45) is 0 Å². The number of hydrogen-bond donors (Lipinski definition) is 2. The molecule has 0 spiro atoms. The zero-order valence-electron chi connectivity index (χ0n) is 11.7. The molecule has 1 aromatic carbocycles. The number of carboxylic acids is 1. The number of halogens is 3. The third kappa shape index (κ3) is 5.57. The Labute approximate surface area is 132 Å². The van der Waals surface area contributed by atoms with E-state index >= 15 is 0 Å². The zero-order chi connectivity index (χ0) is 15.4. The summed E-state index contributed by atoms with van der Waals surface area (Å²) in [5.74, 6) is -2.84. The number of amides is 1. The Balaban J connectivity index is 0.00000242. The van der Waals surface area contributed by atoms with Crippen LogP contribution in [0.4, 0.5) is 8.78 Å². The second-order valence-electron chi connectivity index (χ2n) is 5.04. The maximum absolute atomic E-state index is 13.6. The molecule has 0 radical (unpaired) electrons. The molecule has 5 nitrogen and oxygen atoms in total. The third-order valence-corrected chi connectivity index (χ3v) is 3.24. The molecule has 22 heavy (non-hydrogen) atoms. The van der Waals surface area contributed by atoms with Crippen LogP contribution in [-0.4, -0.2) is 41.0 Å². The van der Waals surface area contributed by atoms with Crippen LogP contribution in [0.2, 0.25) is 0 Å². The molecule has 2 rings (SSSR count). The summed E-state index contributed by atoms with van der Waals surface area (Å²) >= 11 is 0. The number of aliphatic carboxylic acids is 1. The topological polar surface area (TPSA) is 69.6 Å². The number of nitrogens with one attached hydrogen (secondary N) is 1. The van der Waals surface area contributed by atoms with Crippen molar-refractivity contribution in [1.82, 2.24) is 10.2 Å². The summed E-state index contributed by atoms with van der Waals surface area (Å²) < 4.78 is 26.5. The average molecular weight is 335 g/mol. The number of benzene rings is 1. The van der Waals surface area contributed by atoms with Gasteiger partial charge in [-0.15, -0.1) is 12.4 Å². The monoisotopic (exact) mass is 334 g/mol. The summed E-state index contributed by atoms with van der Waals surface area (Å²) in [5, 5.41) is 10.8. The van der Waals surface area contributed by atoms with Gasteiger partial charge in [-0.05, 0) is 18.9 Å². The van der Waals surface area contributed by atoms with Crippen LogP contribution in [0, 0.1) is 11.6 Å². The predicted molar refractivity (Wildman–Crippen MR) is 77.7 cm³/mol. The van der Waals surface area contributed by atoms with E-state index in [1.165, 1.54) is 12.1 Å². The Kier molecular flexibility index (Phi) is 6.70. The highest BCUT2D eigenvalue weighted by Gasteiger charge is 2.30. The highest BCUT2D eigenvalue weighted by molar-refractivity contribution is 5.85. The van der Waals surface area contributed by atoms with Gasteiger partial charge < -0.3 is 10.4 Å². The molecule has 0 aliphatic heterocycles. The lowest BCUT2D eigenvalue weighted by Gasteiger charge is -2.21. The fourth-order valence-corrected chi connectivity index (χ4v) is 2.04. The van der Waals surface area contributed by atoms with Crippen LogP contribution in [0.5, 0.6) is 0 Å². The SMILES string of the molecule is Cl.O=C(O)CNC(=O)CN(Cc1ccc(F)cc1F)C1CC1. The van der Waals surface area contributed by atoms with Crippen molar-refractivity contribution in [2.45, 2.75) is 25.4 Å². The molecule has 0 aromatic heterocycles. The Morgan fingerprint density at radius 3 is 2.55 bits per heavy atom. The minimum Gasteiger partial charge on any atom is -0.480 e. The first kappa shape index (κ1) is 18.3. The van der Waals surface area contributed by atoms with Crippen LogP contribution < -0.4 is 5.32 Å². The molecule has 1 amide bonds. The quantitative estimate of drug-likeness (QED) is 0.794. The fraction of sp³-hybridized carbons (Fsp3) is 0.429. The number of carbonyl (C=O) groups excluding carboxylic acids is 1. The van der Waals surface area contributed by atoms with Crippen LogP contribution in [0.25, 0.3) is 0 Å². The van der Waals surface area contributed by atoms with Crippen LogP contribution in [0.1, 0.15) is 18.4 Å². The summed E-state index contributed by atoms with van der Waals surface area (Å²) in [7, 11) is 0. The number of carboxylic acid groups (broad SMARTS) is 1. The lowest BCUT2D eigenvalue weighted by Crippen LogP contribution is -2.40. The van der Waals surface area contributed by atoms with Gasteiger partial charge in [0.2, 0.25) is 5.91 Å². The van der Waals surface area contributed by atoms with Gasteiger partial charge >= 0.3 is 5.97 Å². The molecule has 0 saturated heterocycles. The molecule has 0 unspecified atom stereocenters. The molecule has 1 aromatic rings. The van der Waals surface area contributed by atoms with Crippen LogP contribution in [0.3, 0.4) is 0 Å². The van der Waals surface area contributed by atoms with Gasteiger partial charge in [-0.1, -0.05) is 6.07 Å². The summed E-state index contributed by atoms with van der Waals surface area (Å²) in [6, 6.07) is 3.53. The smallest absolute Gasteiger partial charge is 0.322 e. The molecule has 1 saturated carbocycles. The normalized spacial score (nSPS) is 13.6. The van der Waals surface area contributed by atoms with Gasteiger partial charge in [0.25, 0.3) is 0 Å². The average Bonchev–Trinajstić information content (AvgIpc) is 3.23. The van der Waals surface area contributed by atoms with E-state index in [2.05, 4.69) is 5.32 Å². The van der Waals surface area contributed by atoms with Crippen LogP contribution >= 0.6 is 12.4 Å². The van der Waals surface area contributed by atoms with E-state index in [4.69, 9.17) is 5.11 Å². The lowest BCUT2D eigenvalue weighted by atomic mass is 10.2. The van der Waals surface area contributed by atoms with Gasteiger partial charge in [-0.3, -0.25) is 14.5 Å². The van der Waals surface area contributed by atoms with Crippen molar-refractivity contribution in [3.8, 4) is 0 Å². The minimum absolute atomic E-state index is 0. The standard InChI is InChI=1S/C14H16F2N2O3.ClH/c15-10-2-1-9(12(16)5-10)7-18(11-3-4-11)8-13(19)17-6-14(20)21;/h1-2,5,11H,3-4,6-8H2,(H,17,19)(H,20,21);1H. The summed E-state index contributed by atoms with van der Waals surface area (Å²) in [5.41, 5.74) is 0.314. The second-order valence-corrected chi connectivity index (χ2v) is 5.04. The maximum Gasteiger partial charge on any atom is 0.322 e.